The minimum atomic E-state index is -3.55. The predicted molar refractivity (Wildman–Crippen MR) is 104 cm³/mol. The summed E-state index contributed by atoms with van der Waals surface area (Å²) in [5.74, 6) is 0.354. The number of benzene rings is 1. The van der Waals surface area contributed by atoms with E-state index < -0.39 is 10.0 Å². The van der Waals surface area contributed by atoms with Crippen molar-refractivity contribution in [3.05, 3.63) is 18.2 Å². The number of ether oxygens (including phenoxy) is 1. The van der Waals surface area contributed by atoms with Gasteiger partial charge in [-0.15, -0.1) is 0 Å². The molecule has 8 heteroatoms. The molecule has 1 amide bonds. The van der Waals surface area contributed by atoms with Crippen LogP contribution >= 0.6 is 0 Å². The van der Waals surface area contributed by atoms with Crippen LogP contribution in [0.4, 0.5) is 5.69 Å². The molecule has 2 aliphatic heterocycles. The van der Waals surface area contributed by atoms with Crippen molar-refractivity contribution in [1.82, 2.24) is 4.31 Å². The number of nitrogens with zero attached hydrogens (tertiary/aromatic N) is 1. The lowest BCUT2D eigenvalue weighted by Gasteiger charge is -2.26. The number of rotatable bonds is 6. The van der Waals surface area contributed by atoms with Crippen molar-refractivity contribution in [1.29, 1.82) is 0 Å². The second-order valence-electron chi connectivity index (χ2n) is 7.36. The van der Waals surface area contributed by atoms with Crippen molar-refractivity contribution in [3.63, 3.8) is 0 Å². The normalized spacial score (nSPS) is 19.6. The van der Waals surface area contributed by atoms with E-state index in [9.17, 15) is 13.2 Å². The summed E-state index contributed by atoms with van der Waals surface area (Å²) < 4.78 is 32.7. The molecule has 150 valence electrons. The Morgan fingerprint density at radius 2 is 1.78 bits per heavy atom. The van der Waals surface area contributed by atoms with Crippen LogP contribution in [0.5, 0.6) is 5.75 Å². The first-order valence-electron chi connectivity index (χ1n) is 9.82. The van der Waals surface area contributed by atoms with Gasteiger partial charge >= 0.3 is 0 Å². The lowest BCUT2D eigenvalue weighted by Crippen LogP contribution is -3.13. The summed E-state index contributed by atoms with van der Waals surface area (Å²) in [7, 11) is -2.04. The maximum absolute atomic E-state index is 12.9. The molecule has 3 rings (SSSR count). The summed E-state index contributed by atoms with van der Waals surface area (Å²) in [5.41, 5.74) is 0.414. The van der Waals surface area contributed by atoms with Crippen molar-refractivity contribution in [3.8, 4) is 5.75 Å². The molecular formula is C19H30N3O4S+. The SMILES string of the molecule is COc1ccc(S(=O)(=O)N2CCCCC2)cc1NC(=O)C[NH+]1CCCCC1. The van der Waals surface area contributed by atoms with Gasteiger partial charge in [0.15, 0.2) is 6.54 Å². The van der Waals surface area contributed by atoms with Gasteiger partial charge in [0.1, 0.15) is 5.75 Å². The predicted octanol–water partition coefficient (Wildman–Crippen LogP) is 0.877. The molecule has 0 saturated carbocycles. The van der Waals surface area contributed by atoms with Crippen molar-refractivity contribution >= 4 is 21.6 Å². The molecule has 2 fully saturated rings. The standard InChI is InChI=1S/C19H29N3O4S/c1-26-18-9-8-16(27(24,25)22-12-6-3-7-13-22)14-17(18)20-19(23)15-21-10-4-2-5-11-21/h8-9,14H,2-7,10-13,15H2,1H3,(H,20,23)/p+1. The number of amides is 1. The zero-order valence-electron chi connectivity index (χ0n) is 16.0. The van der Waals surface area contributed by atoms with Gasteiger partial charge in [0.05, 0.1) is 30.8 Å². The number of carbonyl (C=O) groups is 1. The Bertz CT molecular complexity index is 754. The van der Waals surface area contributed by atoms with Crippen molar-refractivity contribution in [2.45, 2.75) is 43.4 Å². The number of hydrogen-bond acceptors (Lipinski definition) is 4. The lowest BCUT2D eigenvalue weighted by molar-refractivity contribution is -0.896. The van der Waals surface area contributed by atoms with E-state index in [1.54, 1.807) is 12.1 Å². The third kappa shape index (κ3) is 5.00. The molecule has 1 aromatic rings. The number of methoxy groups -OCH3 is 1. The Hall–Kier alpha value is -1.64. The average Bonchev–Trinajstić information content (AvgIpc) is 2.69. The average molecular weight is 397 g/mol. The summed E-state index contributed by atoms with van der Waals surface area (Å²) in [6.45, 7) is 3.51. The fourth-order valence-corrected chi connectivity index (χ4v) is 5.39. The van der Waals surface area contributed by atoms with E-state index in [1.165, 1.54) is 28.8 Å². The molecule has 1 aromatic carbocycles. The second kappa shape index (κ2) is 9.03. The number of sulfonamides is 1. The fraction of sp³-hybridized carbons (Fsp3) is 0.632. The van der Waals surface area contributed by atoms with E-state index in [-0.39, 0.29) is 10.8 Å². The Morgan fingerprint density at radius 1 is 1.11 bits per heavy atom. The van der Waals surface area contributed by atoms with Crippen LogP contribution in [0.3, 0.4) is 0 Å². The van der Waals surface area contributed by atoms with Crippen molar-refractivity contribution in [2.24, 2.45) is 0 Å². The summed E-state index contributed by atoms with van der Waals surface area (Å²) in [4.78, 5) is 13.9. The third-order valence-electron chi connectivity index (χ3n) is 5.37. The molecule has 2 saturated heterocycles. The number of hydrogen-bond donors (Lipinski definition) is 2. The van der Waals surface area contributed by atoms with Gasteiger partial charge in [-0.3, -0.25) is 4.79 Å². The molecule has 2 N–H and O–H groups in total. The molecule has 0 aromatic heterocycles. The smallest absolute Gasteiger partial charge is 0.279 e. The molecule has 0 radical (unpaired) electrons. The van der Waals surface area contributed by atoms with E-state index in [4.69, 9.17) is 4.74 Å². The molecule has 0 atom stereocenters. The first-order valence-corrected chi connectivity index (χ1v) is 11.3. The van der Waals surface area contributed by atoms with Gasteiger partial charge < -0.3 is 15.0 Å². The maximum Gasteiger partial charge on any atom is 0.279 e. The maximum atomic E-state index is 12.9. The van der Waals surface area contributed by atoms with Crippen LogP contribution in [0.1, 0.15) is 38.5 Å². The van der Waals surface area contributed by atoms with Crippen LogP contribution in [0.2, 0.25) is 0 Å². The Labute approximate surface area is 161 Å². The first kappa shape index (κ1) is 20.1. The number of quaternary nitrogens is 1. The molecular weight excluding hydrogens is 366 g/mol. The van der Waals surface area contributed by atoms with Crippen LogP contribution in [0.25, 0.3) is 0 Å². The van der Waals surface area contributed by atoms with E-state index in [0.29, 0.717) is 31.1 Å². The first-order chi connectivity index (χ1) is 13.0. The zero-order valence-corrected chi connectivity index (χ0v) is 16.8. The second-order valence-corrected chi connectivity index (χ2v) is 9.30. The molecule has 0 aliphatic carbocycles. The van der Waals surface area contributed by atoms with Gasteiger partial charge in [-0.1, -0.05) is 6.42 Å². The number of piperidine rings is 2. The highest BCUT2D eigenvalue weighted by Crippen LogP contribution is 2.29. The van der Waals surface area contributed by atoms with Gasteiger partial charge in [0, 0.05) is 13.1 Å². The zero-order chi connectivity index (χ0) is 19.3. The molecule has 2 heterocycles. The monoisotopic (exact) mass is 396 g/mol. The highest BCUT2D eigenvalue weighted by atomic mass is 32.2. The third-order valence-corrected chi connectivity index (χ3v) is 7.26. The Morgan fingerprint density at radius 3 is 2.44 bits per heavy atom. The number of likely N-dealkylation sites (tertiary alicyclic amines) is 1. The van der Waals surface area contributed by atoms with Gasteiger partial charge in [-0.25, -0.2) is 8.42 Å². The minimum Gasteiger partial charge on any atom is -0.495 e. The fourth-order valence-electron chi connectivity index (χ4n) is 3.85. The quantitative estimate of drug-likeness (QED) is 0.748. The van der Waals surface area contributed by atoms with Crippen molar-refractivity contribution in [2.75, 3.05) is 45.2 Å². The topological polar surface area (TPSA) is 80.2 Å². The summed E-state index contributed by atoms with van der Waals surface area (Å²) in [6.07, 6.45) is 6.37. The molecule has 0 unspecified atom stereocenters. The van der Waals surface area contributed by atoms with Gasteiger partial charge in [-0.05, 0) is 50.3 Å². The number of nitrogens with one attached hydrogen (secondary N) is 2. The lowest BCUT2D eigenvalue weighted by atomic mass is 10.1. The molecule has 7 nitrogen and oxygen atoms in total. The van der Waals surface area contributed by atoms with Crippen molar-refractivity contribution < 1.29 is 22.8 Å². The highest BCUT2D eigenvalue weighted by molar-refractivity contribution is 7.89. The van der Waals surface area contributed by atoms with E-state index in [2.05, 4.69) is 5.32 Å². The van der Waals surface area contributed by atoms with Gasteiger partial charge in [-0.2, -0.15) is 4.31 Å². The van der Waals surface area contributed by atoms with Crippen LogP contribution < -0.4 is 15.0 Å². The molecule has 0 bridgehead atoms. The van der Waals surface area contributed by atoms with Crippen LogP contribution in [0.15, 0.2) is 23.1 Å². The van der Waals surface area contributed by atoms with Crippen LogP contribution in [-0.2, 0) is 14.8 Å². The van der Waals surface area contributed by atoms with Gasteiger partial charge in [0.25, 0.3) is 5.91 Å². The number of anilines is 1. The van der Waals surface area contributed by atoms with Crippen LogP contribution in [0, 0.1) is 0 Å². The van der Waals surface area contributed by atoms with E-state index in [1.807, 2.05) is 0 Å². The summed E-state index contributed by atoms with van der Waals surface area (Å²) in [6, 6.07) is 4.68. The Balaban J connectivity index is 1.75. The molecule has 0 spiro atoms. The Kier molecular flexibility index (Phi) is 6.73. The minimum absolute atomic E-state index is 0.113. The largest absolute Gasteiger partial charge is 0.495 e. The summed E-state index contributed by atoms with van der Waals surface area (Å²) >= 11 is 0. The highest BCUT2D eigenvalue weighted by Gasteiger charge is 2.27. The van der Waals surface area contributed by atoms with E-state index in [0.717, 1.165) is 45.2 Å². The molecule has 2 aliphatic rings. The van der Waals surface area contributed by atoms with Gasteiger partial charge in [0.2, 0.25) is 10.0 Å². The molecule has 27 heavy (non-hydrogen) atoms. The van der Waals surface area contributed by atoms with Crippen LogP contribution in [-0.4, -0.2) is 58.5 Å². The van der Waals surface area contributed by atoms with E-state index >= 15 is 0 Å². The number of carbonyl (C=O) groups excluding carboxylic acids is 1. The summed E-state index contributed by atoms with van der Waals surface area (Å²) in [5, 5.41) is 2.86.